The van der Waals surface area contributed by atoms with E-state index >= 15 is 0 Å². The van der Waals surface area contributed by atoms with Crippen LogP contribution in [-0.2, 0) is 24.2 Å². The number of ether oxygens (including phenoxy) is 1. The molecule has 0 unspecified atom stereocenters. The summed E-state index contributed by atoms with van der Waals surface area (Å²) in [6, 6.07) is 8.82. The monoisotopic (exact) mass is 450 g/mol. The Kier molecular flexibility index (Phi) is 7.27. The number of benzene rings is 1. The maximum Gasteiger partial charge on any atom is 0.338 e. The summed E-state index contributed by atoms with van der Waals surface area (Å²) in [6.45, 7) is 8.65. The lowest BCUT2D eigenvalue weighted by molar-refractivity contribution is 0.00695. The molecule has 0 N–H and O–H groups in total. The van der Waals surface area contributed by atoms with Crippen LogP contribution in [0.3, 0.4) is 0 Å². The first-order valence-electron chi connectivity index (χ1n) is 10.3. The highest BCUT2D eigenvalue weighted by molar-refractivity contribution is 6.34. The summed E-state index contributed by atoms with van der Waals surface area (Å²) >= 11 is 12.6. The predicted octanol–water partition coefficient (Wildman–Crippen LogP) is 4.95. The average molecular weight is 451 g/mol. The number of hydrogen-bond donors (Lipinski definition) is 0. The van der Waals surface area contributed by atoms with Crippen molar-refractivity contribution in [3.8, 4) is 0 Å². The summed E-state index contributed by atoms with van der Waals surface area (Å²) in [5.41, 5.74) is 1.57. The molecule has 0 spiro atoms. The number of rotatable bonds is 6. The van der Waals surface area contributed by atoms with Crippen LogP contribution in [0.2, 0.25) is 10.0 Å². The Morgan fingerprint density at radius 2 is 1.70 bits per heavy atom. The van der Waals surface area contributed by atoms with Gasteiger partial charge in [0.05, 0.1) is 16.3 Å². The van der Waals surface area contributed by atoms with Crippen LogP contribution in [0.15, 0.2) is 35.1 Å². The molecule has 1 saturated heterocycles. The number of carbonyl (C=O) groups excluding carboxylic acids is 1. The van der Waals surface area contributed by atoms with Crippen LogP contribution in [0.4, 0.5) is 0 Å². The minimum absolute atomic E-state index is 0.130. The highest BCUT2D eigenvalue weighted by Crippen LogP contribution is 2.22. The zero-order valence-electron chi connectivity index (χ0n) is 17.7. The minimum atomic E-state index is -0.533. The Morgan fingerprint density at radius 1 is 1.07 bits per heavy atom. The third-order valence-corrected chi connectivity index (χ3v) is 5.69. The standard InChI is InChI=1S/C23H28Cl2N2O3/c1-23(2,3)30-22(29)17-8-6-16(7-9-17)10-13-27-20(15-26-11-4-5-12-26)18(24)14-19(25)21(27)28/h6-9,14H,4-5,10-13,15H2,1-3H3. The number of carbonyl (C=O) groups is 1. The number of esters is 1. The number of nitrogens with zero attached hydrogens (tertiary/aromatic N) is 2. The summed E-state index contributed by atoms with van der Waals surface area (Å²) in [7, 11) is 0. The molecule has 1 fully saturated rings. The van der Waals surface area contributed by atoms with Gasteiger partial charge in [0, 0.05) is 13.1 Å². The Morgan fingerprint density at radius 3 is 2.30 bits per heavy atom. The first kappa shape index (κ1) is 22.9. The van der Waals surface area contributed by atoms with Crippen molar-refractivity contribution in [3.63, 3.8) is 0 Å². The van der Waals surface area contributed by atoms with Gasteiger partial charge in [-0.25, -0.2) is 4.79 Å². The van der Waals surface area contributed by atoms with E-state index in [0.29, 0.717) is 30.1 Å². The topological polar surface area (TPSA) is 51.5 Å². The number of aryl methyl sites for hydroxylation is 1. The maximum absolute atomic E-state index is 12.7. The van der Waals surface area contributed by atoms with Gasteiger partial charge in [-0.1, -0.05) is 35.3 Å². The summed E-state index contributed by atoms with van der Waals surface area (Å²) in [5.74, 6) is -0.347. The van der Waals surface area contributed by atoms with Crippen LogP contribution >= 0.6 is 23.2 Å². The van der Waals surface area contributed by atoms with Crippen LogP contribution in [0.25, 0.3) is 0 Å². The van der Waals surface area contributed by atoms with Gasteiger partial charge in [-0.2, -0.15) is 0 Å². The van der Waals surface area contributed by atoms with Crippen LogP contribution in [0.1, 0.15) is 55.2 Å². The van der Waals surface area contributed by atoms with E-state index in [0.717, 1.165) is 24.3 Å². The van der Waals surface area contributed by atoms with Crippen LogP contribution < -0.4 is 5.56 Å². The smallest absolute Gasteiger partial charge is 0.338 e. The lowest BCUT2D eigenvalue weighted by Gasteiger charge is -2.21. The molecule has 0 amide bonds. The molecule has 1 aliphatic rings. The van der Waals surface area contributed by atoms with E-state index in [1.54, 1.807) is 22.8 Å². The fourth-order valence-electron chi connectivity index (χ4n) is 3.57. The van der Waals surface area contributed by atoms with Crippen molar-refractivity contribution in [2.45, 2.75) is 58.7 Å². The Bertz CT molecular complexity index is 956. The highest BCUT2D eigenvalue weighted by atomic mass is 35.5. The molecule has 0 atom stereocenters. The Balaban J connectivity index is 1.75. The number of pyridine rings is 1. The minimum Gasteiger partial charge on any atom is -0.456 e. The first-order valence-corrected chi connectivity index (χ1v) is 11.0. The van der Waals surface area contributed by atoms with E-state index in [1.807, 2.05) is 32.9 Å². The van der Waals surface area contributed by atoms with Gasteiger partial charge in [0.15, 0.2) is 0 Å². The maximum atomic E-state index is 12.7. The summed E-state index contributed by atoms with van der Waals surface area (Å²) in [5, 5.41) is 0.650. The van der Waals surface area contributed by atoms with E-state index in [4.69, 9.17) is 27.9 Å². The van der Waals surface area contributed by atoms with Crippen molar-refractivity contribution in [2.24, 2.45) is 0 Å². The summed E-state index contributed by atoms with van der Waals surface area (Å²) in [6.07, 6.45) is 2.96. The second kappa shape index (κ2) is 9.54. The van der Waals surface area contributed by atoms with Crippen molar-refractivity contribution in [1.82, 2.24) is 9.47 Å². The molecular weight excluding hydrogens is 423 g/mol. The van der Waals surface area contributed by atoms with Crippen molar-refractivity contribution in [1.29, 1.82) is 0 Å². The zero-order chi connectivity index (χ0) is 21.9. The number of aromatic nitrogens is 1. The third-order valence-electron chi connectivity index (χ3n) is 5.09. The number of halogens is 2. The molecule has 5 nitrogen and oxygen atoms in total. The Labute approximate surface area is 187 Å². The van der Waals surface area contributed by atoms with Gasteiger partial charge in [0.25, 0.3) is 5.56 Å². The van der Waals surface area contributed by atoms with Gasteiger partial charge in [-0.3, -0.25) is 9.69 Å². The fraction of sp³-hybridized carbons (Fsp3) is 0.478. The summed E-state index contributed by atoms with van der Waals surface area (Å²) in [4.78, 5) is 27.2. The predicted molar refractivity (Wildman–Crippen MR) is 121 cm³/mol. The lowest BCUT2D eigenvalue weighted by atomic mass is 10.1. The fourth-order valence-corrected chi connectivity index (χ4v) is 4.11. The zero-order valence-corrected chi connectivity index (χ0v) is 19.2. The molecule has 2 heterocycles. The third kappa shape index (κ3) is 5.87. The quantitative estimate of drug-likeness (QED) is 0.584. The number of likely N-dealkylation sites (tertiary alicyclic amines) is 1. The molecule has 0 saturated carbocycles. The molecule has 3 rings (SSSR count). The van der Waals surface area contributed by atoms with Gasteiger partial charge < -0.3 is 9.30 Å². The molecule has 162 valence electrons. The molecule has 1 aromatic carbocycles. The van der Waals surface area contributed by atoms with Gasteiger partial charge in [0.1, 0.15) is 10.6 Å². The van der Waals surface area contributed by atoms with E-state index in [9.17, 15) is 9.59 Å². The molecular formula is C23H28Cl2N2O3. The Hall–Kier alpha value is -1.82. The largest absolute Gasteiger partial charge is 0.456 e. The van der Waals surface area contributed by atoms with Crippen LogP contribution in [-0.4, -0.2) is 34.1 Å². The molecule has 0 radical (unpaired) electrons. The summed E-state index contributed by atoms with van der Waals surface area (Å²) < 4.78 is 7.08. The van der Waals surface area contributed by atoms with Gasteiger partial charge in [0.2, 0.25) is 0 Å². The normalized spacial score (nSPS) is 14.8. The lowest BCUT2D eigenvalue weighted by Crippen LogP contribution is -2.29. The molecule has 0 bridgehead atoms. The van der Waals surface area contributed by atoms with Crippen molar-refractivity contribution in [2.75, 3.05) is 13.1 Å². The van der Waals surface area contributed by atoms with Gasteiger partial charge >= 0.3 is 5.97 Å². The second-order valence-corrected chi connectivity index (χ2v) is 9.49. The molecule has 2 aromatic rings. The van der Waals surface area contributed by atoms with Crippen LogP contribution in [0.5, 0.6) is 0 Å². The first-order chi connectivity index (χ1) is 14.1. The number of hydrogen-bond acceptors (Lipinski definition) is 4. The second-order valence-electron chi connectivity index (χ2n) is 8.68. The van der Waals surface area contributed by atoms with Gasteiger partial charge in [-0.15, -0.1) is 0 Å². The van der Waals surface area contributed by atoms with Crippen molar-refractivity contribution < 1.29 is 9.53 Å². The van der Waals surface area contributed by atoms with E-state index < -0.39 is 5.60 Å². The van der Waals surface area contributed by atoms with E-state index in [-0.39, 0.29) is 16.6 Å². The molecule has 1 aromatic heterocycles. The molecule has 7 heteroatoms. The highest BCUT2D eigenvalue weighted by Gasteiger charge is 2.19. The van der Waals surface area contributed by atoms with Gasteiger partial charge in [-0.05, 0) is 76.9 Å². The SMILES string of the molecule is CC(C)(C)OC(=O)c1ccc(CCn2c(CN3CCCC3)c(Cl)cc(Cl)c2=O)cc1. The van der Waals surface area contributed by atoms with Crippen molar-refractivity contribution in [3.05, 3.63) is 67.6 Å². The van der Waals surface area contributed by atoms with E-state index in [2.05, 4.69) is 4.90 Å². The molecule has 0 aliphatic carbocycles. The van der Waals surface area contributed by atoms with Crippen molar-refractivity contribution >= 4 is 29.2 Å². The van der Waals surface area contributed by atoms with E-state index in [1.165, 1.54) is 12.8 Å². The average Bonchev–Trinajstić information content (AvgIpc) is 3.18. The molecule has 1 aliphatic heterocycles. The van der Waals surface area contributed by atoms with Crippen LogP contribution in [0, 0.1) is 0 Å². The molecule has 30 heavy (non-hydrogen) atoms.